The Balaban J connectivity index is 1.78. The number of benzene rings is 2. The number of thioether (sulfide) groups is 1. The molecule has 0 saturated carbocycles. The number of aliphatic imine (C=N–C) groups is 1. The smallest absolute Gasteiger partial charge is 0.195 e. The number of halogens is 1. The van der Waals surface area contributed by atoms with Gasteiger partial charge in [-0.3, -0.25) is 4.99 Å². The third-order valence-electron chi connectivity index (χ3n) is 3.62. The van der Waals surface area contributed by atoms with Gasteiger partial charge in [0.2, 0.25) is 0 Å². The summed E-state index contributed by atoms with van der Waals surface area (Å²) in [6.45, 7) is 0.714. The van der Waals surface area contributed by atoms with Crippen molar-refractivity contribution in [3.63, 3.8) is 0 Å². The molecule has 0 unspecified atom stereocenters. The van der Waals surface area contributed by atoms with E-state index in [0.29, 0.717) is 29.8 Å². The van der Waals surface area contributed by atoms with Crippen LogP contribution in [-0.4, -0.2) is 39.5 Å². The lowest BCUT2D eigenvalue weighted by molar-refractivity contribution is 0.355. The summed E-state index contributed by atoms with van der Waals surface area (Å²) in [6, 6.07) is 12.4. The van der Waals surface area contributed by atoms with Crippen molar-refractivity contribution in [3.8, 4) is 11.5 Å². The second-order valence-corrected chi connectivity index (χ2v) is 6.44. The van der Waals surface area contributed by atoms with Crippen LogP contribution in [0.2, 0.25) is 0 Å². The van der Waals surface area contributed by atoms with Gasteiger partial charge < -0.3 is 20.1 Å². The summed E-state index contributed by atoms with van der Waals surface area (Å²) in [5.41, 5.74) is 1.57. The Labute approximate surface area is 158 Å². The van der Waals surface area contributed by atoms with Gasteiger partial charge in [-0.1, -0.05) is 18.2 Å². The maximum Gasteiger partial charge on any atom is 0.195 e. The largest absolute Gasteiger partial charge is 0.493 e. The van der Waals surface area contributed by atoms with Crippen LogP contribution in [0.1, 0.15) is 5.56 Å². The molecule has 0 atom stereocenters. The topological polar surface area (TPSA) is 54.9 Å². The Kier molecular flexibility index (Phi) is 8.08. The zero-order valence-electron chi connectivity index (χ0n) is 15.2. The first kappa shape index (κ1) is 19.9. The fraction of sp³-hybridized carbons (Fsp3) is 0.316. The average Bonchev–Trinajstić information content (AvgIpc) is 2.67. The van der Waals surface area contributed by atoms with Gasteiger partial charge in [0.15, 0.2) is 17.5 Å². The van der Waals surface area contributed by atoms with Crippen molar-refractivity contribution in [2.75, 3.05) is 38.9 Å². The van der Waals surface area contributed by atoms with Gasteiger partial charge >= 0.3 is 0 Å². The van der Waals surface area contributed by atoms with Gasteiger partial charge in [-0.05, 0) is 23.8 Å². The van der Waals surface area contributed by atoms with E-state index < -0.39 is 0 Å². The Morgan fingerprint density at radius 3 is 2.58 bits per heavy atom. The molecule has 2 N–H and O–H groups in total. The molecule has 0 saturated heterocycles. The molecule has 140 valence electrons. The summed E-state index contributed by atoms with van der Waals surface area (Å²) in [5.74, 6) is 3.30. The van der Waals surface area contributed by atoms with Crippen LogP contribution >= 0.6 is 11.8 Å². The molecule has 0 radical (unpaired) electrons. The molecule has 2 aromatic rings. The molecule has 0 heterocycles. The lowest BCUT2D eigenvalue weighted by Gasteiger charge is -2.14. The van der Waals surface area contributed by atoms with Gasteiger partial charge in [0.25, 0.3) is 0 Å². The first-order valence-electron chi connectivity index (χ1n) is 8.18. The fourth-order valence-electron chi connectivity index (χ4n) is 2.27. The van der Waals surface area contributed by atoms with Crippen molar-refractivity contribution in [2.45, 2.75) is 5.75 Å². The van der Waals surface area contributed by atoms with Crippen molar-refractivity contribution < 1.29 is 13.9 Å². The summed E-state index contributed by atoms with van der Waals surface area (Å²) in [6.07, 6.45) is 0. The van der Waals surface area contributed by atoms with E-state index in [1.165, 1.54) is 6.07 Å². The zero-order valence-corrected chi connectivity index (χ0v) is 16.0. The number of nitrogens with one attached hydrogen (secondary N) is 2. The predicted molar refractivity (Wildman–Crippen MR) is 107 cm³/mol. The number of hydrogen-bond acceptors (Lipinski definition) is 4. The normalized spacial score (nSPS) is 11.2. The number of guanidine groups is 1. The van der Waals surface area contributed by atoms with Crippen LogP contribution in [0, 0.1) is 5.82 Å². The Morgan fingerprint density at radius 1 is 1.12 bits per heavy atom. The van der Waals surface area contributed by atoms with Gasteiger partial charge in [-0.25, -0.2) is 4.39 Å². The van der Waals surface area contributed by atoms with Crippen molar-refractivity contribution in [1.29, 1.82) is 0 Å². The molecule has 0 bridgehead atoms. The van der Waals surface area contributed by atoms with E-state index in [1.807, 2.05) is 30.3 Å². The van der Waals surface area contributed by atoms with Crippen LogP contribution < -0.4 is 20.1 Å². The predicted octanol–water partition coefficient (Wildman–Crippen LogP) is 3.76. The third kappa shape index (κ3) is 5.84. The number of rotatable bonds is 8. The molecule has 0 aromatic heterocycles. The molecule has 2 rings (SSSR count). The summed E-state index contributed by atoms with van der Waals surface area (Å²) in [5, 5.41) is 6.44. The van der Waals surface area contributed by atoms with E-state index in [1.54, 1.807) is 39.1 Å². The number of methoxy groups -OCH3 is 2. The number of nitrogens with zero attached hydrogens (tertiary/aromatic N) is 1. The van der Waals surface area contributed by atoms with Gasteiger partial charge in [0.1, 0.15) is 5.82 Å². The number of ether oxygens (including phenoxy) is 2. The quantitative estimate of drug-likeness (QED) is 0.417. The van der Waals surface area contributed by atoms with Crippen molar-refractivity contribution in [2.24, 2.45) is 4.99 Å². The van der Waals surface area contributed by atoms with Crippen LogP contribution in [0.3, 0.4) is 0 Å². The van der Waals surface area contributed by atoms with Crippen LogP contribution in [0.15, 0.2) is 47.5 Å². The molecular formula is C19H24FN3O2S. The molecule has 7 heteroatoms. The highest BCUT2D eigenvalue weighted by Crippen LogP contribution is 2.29. The molecule has 0 spiro atoms. The van der Waals surface area contributed by atoms with Crippen LogP contribution in [0.25, 0.3) is 0 Å². The molecule has 0 aliphatic rings. The van der Waals surface area contributed by atoms with E-state index >= 15 is 0 Å². The number of hydrogen-bond donors (Lipinski definition) is 2. The fourth-order valence-corrected chi connectivity index (χ4v) is 3.11. The maximum atomic E-state index is 13.6. The Morgan fingerprint density at radius 2 is 1.88 bits per heavy atom. The molecular weight excluding hydrogens is 353 g/mol. The summed E-state index contributed by atoms with van der Waals surface area (Å²) in [4.78, 5) is 4.20. The standard InChI is InChI=1S/C19H24FN3O2S/c1-21-19(23-15-8-9-17(24-2)18(12-15)25-3)22-10-11-26-13-14-6-4-5-7-16(14)20/h4-9,12H,10-11,13H2,1-3H3,(H2,21,22,23). The third-order valence-corrected chi connectivity index (χ3v) is 4.63. The molecule has 5 nitrogen and oxygen atoms in total. The highest BCUT2D eigenvalue weighted by atomic mass is 32.2. The maximum absolute atomic E-state index is 13.6. The monoisotopic (exact) mass is 377 g/mol. The van der Waals surface area contributed by atoms with Crippen molar-refractivity contribution in [1.82, 2.24) is 5.32 Å². The Hall–Kier alpha value is -2.41. The van der Waals surface area contributed by atoms with Crippen LogP contribution in [-0.2, 0) is 5.75 Å². The SMILES string of the molecule is CN=C(NCCSCc1ccccc1F)Nc1ccc(OC)c(OC)c1. The Bertz CT molecular complexity index is 740. The molecule has 26 heavy (non-hydrogen) atoms. The highest BCUT2D eigenvalue weighted by Gasteiger charge is 2.06. The van der Waals surface area contributed by atoms with Crippen molar-refractivity contribution in [3.05, 3.63) is 53.8 Å². The molecule has 0 amide bonds. The molecule has 0 aliphatic carbocycles. The molecule has 2 aromatic carbocycles. The minimum atomic E-state index is -0.154. The number of anilines is 1. The summed E-state index contributed by atoms with van der Waals surface area (Å²) < 4.78 is 24.1. The van der Waals surface area contributed by atoms with Gasteiger partial charge in [0.05, 0.1) is 14.2 Å². The second-order valence-electron chi connectivity index (χ2n) is 5.34. The van der Waals surface area contributed by atoms with Crippen molar-refractivity contribution >= 4 is 23.4 Å². The van der Waals surface area contributed by atoms with Gasteiger partial charge in [-0.15, -0.1) is 0 Å². The van der Waals surface area contributed by atoms with E-state index in [4.69, 9.17) is 9.47 Å². The summed E-state index contributed by atoms with van der Waals surface area (Å²) >= 11 is 1.67. The molecule has 0 fully saturated rings. The first-order chi connectivity index (χ1) is 12.7. The lowest BCUT2D eigenvalue weighted by atomic mass is 10.2. The van der Waals surface area contributed by atoms with Gasteiger partial charge in [0, 0.05) is 36.9 Å². The van der Waals surface area contributed by atoms with E-state index in [2.05, 4.69) is 15.6 Å². The summed E-state index contributed by atoms with van der Waals surface area (Å²) in [7, 11) is 4.91. The second kappa shape index (κ2) is 10.6. The minimum Gasteiger partial charge on any atom is -0.493 e. The minimum absolute atomic E-state index is 0.154. The van der Waals surface area contributed by atoms with Crippen LogP contribution in [0.5, 0.6) is 11.5 Å². The van der Waals surface area contributed by atoms with Gasteiger partial charge in [-0.2, -0.15) is 11.8 Å². The van der Waals surface area contributed by atoms with E-state index in [-0.39, 0.29) is 5.82 Å². The first-order valence-corrected chi connectivity index (χ1v) is 9.34. The lowest BCUT2D eigenvalue weighted by Crippen LogP contribution is -2.32. The van der Waals surface area contributed by atoms with Crippen LogP contribution in [0.4, 0.5) is 10.1 Å². The van der Waals surface area contributed by atoms with E-state index in [0.717, 1.165) is 17.0 Å². The molecule has 0 aliphatic heterocycles. The highest BCUT2D eigenvalue weighted by molar-refractivity contribution is 7.98. The average molecular weight is 377 g/mol. The zero-order chi connectivity index (χ0) is 18.8. The van der Waals surface area contributed by atoms with E-state index in [9.17, 15) is 4.39 Å².